The third-order valence-corrected chi connectivity index (χ3v) is 5.34. The maximum atomic E-state index is 14.7. The molecule has 0 radical (unpaired) electrons. The summed E-state index contributed by atoms with van der Waals surface area (Å²) in [5, 5.41) is 0. The lowest BCUT2D eigenvalue weighted by molar-refractivity contribution is -0.898. The summed E-state index contributed by atoms with van der Waals surface area (Å²) in [4.78, 5) is 16.1. The van der Waals surface area contributed by atoms with Crippen molar-refractivity contribution in [2.75, 3.05) is 51.8 Å². The van der Waals surface area contributed by atoms with Crippen molar-refractivity contribution in [1.82, 2.24) is 0 Å². The van der Waals surface area contributed by atoms with Crippen LogP contribution in [0.1, 0.15) is 22.8 Å². The smallest absolute Gasteiger partial charge is 0.185 e. The number of benzene rings is 2. The molecule has 1 aliphatic rings. The van der Waals surface area contributed by atoms with Crippen LogP contribution in [0, 0.1) is 5.82 Å². The topological polar surface area (TPSA) is 43.2 Å². The average Bonchev–Trinajstić information content (AvgIpc) is 2.77. The highest BCUT2D eigenvalue weighted by Gasteiger charge is 2.21. The molecule has 0 amide bonds. The van der Waals surface area contributed by atoms with Gasteiger partial charge in [-0.2, -0.15) is 0 Å². The zero-order chi connectivity index (χ0) is 20.8. The van der Waals surface area contributed by atoms with Gasteiger partial charge in [0.25, 0.3) is 0 Å². The van der Waals surface area contributed by atoms with Crippen molar-refractivity contribution >= 4 is 17.5 Å². The molecule has 1 saturated heterocycles. The lowest BCUT2D eigenvalue weighted by Gasteiger charge is -2.33. The minimum atomic E-state index is -0.354. The summed E-state index contributed by atoms with van der Waals surface area (Å²) in [7, 11) is 3.14. The summed E-state index contributed by atoms with van der Waals surface area (Å²) in [6, 6.07) is 10.1. The molecule has 1 N–H and O–H groups in total. The SMILES string of the molecule is CC[NH+]1CCN(c2ccc(C(=O)/C=C/c3cc(OC)cc(OC)c3)cc2F)CC1. The Balaban J connectivity index is 1.72. The molecule has 2 aromatic carbocycles. The van der Waals surface area contributed by atoms with Crippen molar-refractivity contribution < 1.29 is 23.6 Å². The van der Waals surface area contributed by atoms with Gasteiger partial charge in [0.2, 0.25) is 0 Å². The van der Waals surface area contributed by atoms with E-state index in [4.69, 9.17) is 9.47 Å². The zero-order valence-corrected chi connectivity index (χ0v) is 17.2. The van der Waals surface area contributed by atoms with E-state index in [0.717, 1.165) is 38.3 Å². The molecule has 0 aromatic heterocycles. The van der Waals surface area contributed by atoms with E-state index in [9.17, 15) is 9.18 Å². The van der Waals surface area contributed by atoms with Crippen LogP contribution >= 0.6 is 0 Å². The molecule has 6 heteroatoms. The van der Waals surface area contributed by atoms with Gasteiger partial charge in [0.15, 0.2) is 5.78 Å². The Morgan fingerprint density at radius 3 is 2.31 bits per heavy atom. The first-order valence-electron chi connectivity index (χ1n) is 9.87. The van der Waals surface area contributed by atoms with Crippen LogP contribution in [0.15, 0.2) is 42.5 Å². The van der Waals surface area contributed by atoms with Crippen molar-refractivity contribution in [3.8, 4) is 11.5 Å². The van der Waals surface area contributed by atoms with Gasteiger partial charge in [0, 0.05) is 11.6 Å². The minimum absolute atomic E-state index is 0.252. The Morgan fingerprint density at radius 2 is 1.76 bits per heavy atom. The van der Waals surface area contributed by atoms with Crippen LogP contribution in [-0.2, 0) is 0 Å². The molecule has 1 aliphatic heterocycles. The van der Waals surface area contributed by atoms with Crippen LogP contribution in [0.3, 0.4) is 0 Å². The molecule has 3 rings (SSSR count). The maximum Gasteiger partial charge on any atom is 0.185 e. The maximum absolute atomic E-state index is 14.7. The first-order valence-corrected chi connectivity index (χ1v) is 9.87. The lowest BCUT2D eigenvalue weighted by atomic mass is 10.1. The Kier molecular flexibility index (Phi) is 6.88. The second kappa shape index (κ2) is 9.56. The number of halogens is 1. The Labute approximate surface area is 171 Å². The predicted molar refractivity (Wildman–Crippen MR) is 113 cm³/mol. The van der Waals surface area contributed by atoms with Crippen molar-refractivity contribution in [3.05, 3.63) is 59.4 Å². The number of nitrogens with zero attached hydrogens (tertiary/aromatic N) is 1. The third-order valence-electron chi connectivity index (χ3n) is 5.34. The number of likely N-dealkylation sites (N-methyl/N-ethyl adjacent to an activating group) is 1. The normalized spacial score (nSPS) is 15.0. The summed E-state index contributed by atoms with van der Waals surface area (Å²) in [6.45, 7) is 6.92. The van der Waals surface area contributed by atoms with E-state index in [0.29, 0.717) is 22.7 Å². The molecular weight excluding hydrogens is 371 g/mol. The molecule has 29 heavy (non-hydrogen) atoms. The number of methoxy groups -OCH3 is 2. The van der Waals surface area contributed by atoms with E-state index in [2.05, 4.69) is 11.8 Å². The molecule has 2 aromatic rings. The van der Waals surface area contributed by atoms with Gasteiger partial charge >= 0.3 is 0 Å². The van der Waals surface area contributed by atoms with Crippen LogP contribution in [0.2, 0.25) is 0 Å². The van der Waals surface area contributed by atoms with Gasteiger partial charge < -0.3 is 19.3 Å². The monoisotopic (exact) mass is 399 g/mol. The number of quaternary nitrogens is 1. The second-order valence-electron chi connectivity index (χ2n) is 7.10. The van der Waals surface area contributed by atoms with E-state index in [1.807, 2.05) is 0 Å². The summed E-state index contributed by atoms with van der Waals surface area (Å²) >= 11 is 0. The number of piperazine rings is 1. The number of carbonyl (C=O) groups is 1. The molecular formula is C23H28FN2O3+. The highest BCUT2D eigenvalue weighted by molar-refractivity contribution is 6.07. The van der Waals surface area contributed by atoms with E-state index in [-0.39, 0.29) is 11.6 Å². The van der Waals surface area contributed by atoms with Crippen LogP contribution in [0.5, 0.6) is 11.5 Å². The van der Waals surface area contributed by atoms with Crippen molar-refractivity contribution in [1.29, 1.82) is 0 Å². The molecule has 0 aliphatic carbocycles. The number of hydrogen-bond acceptors (Lipinski definition) is 4. The molecule has 154 valence electrons. The van der Waals surface area contributed by atoms with Crippen molar-refractivity contribution in [2.45, 2.75) is 6.92 Å². The lowest BCUT2D eigenvalue weighted by Crippen LogP contribution is -3.14. The van der Waals surface area contributed by atoms with E-state index in [1.165, 1.54) is 17.0 Å². The molecule has 0 bridgehead atoms. The molecule has 1 fully saturated rings. The number of carbonyl (C=O) groups excluding carboxylic acids is 1. The largest absolute Gasteiger partial charge is 0.497 e. The number of anilines is 1. The van der Waals surface area contributed by atoms with Crippen molar-refractivity contribution in [3.63, 3.8) is 0 Å². The fourth-order valence-electron chi connectivity index (χ4n) is 3.53. The molecule has 0 atom stereocenters. The summed E-state index contributed by atoms with van der Waals surface area (Å²) in [5.41, 5.74) is 1.66. The van der Waals surface area contributed by atoms with Gasteiger partial charge in [-0.3, -0.25) is 4.79 Å². The van der Waals surface area contributed by atoms with Gasteiger partial charge in [-0.15, -0.1) is 0 Å². The number of nitrogens with one attached hydrogen (secondary N) is 1. The quantitative estimate of drug-likeness (QED) is 0.574. The van der Waals surface area contributed by atoms with Crippen LogP contribution in [-0.4, -0.2) is 52.7 Å². The number of ketones is 1. The highest BCUT2D eigenvalue weighted by atomic mass is 19.1. The zero-order valence-electron chi connectivity index (χ0n) is 17.2. The van der Waals surface area contributed by atoms with E-state index < -0.39 is 0 Å². The first-order chi connectivity index (χ1) is 14.0. The standard InChI is InChI=1S/C23H27FN2O3/c1-4-25-9-11-26(12-10-25)22-7-6-18(15-21(22)24)23(27)8-5-17-13-19(28-2)16-20(14-17)29-3/h5-8,13-16H,4,9-12H2,1-3H3/p+1/b8-5+. The second-order valence-corrected chi connectivity index (χ2v) is 7.10. The Bertz CT molecular complexity index is 867. The van der Waals surface area contributed by atoms with Gasteiger partial charge in [-0.05, 0) is 48.9 Å². The predicted octanol–water partition coefficient (Wildman–Crippen LogP) is 2.46. The van der Waals surface area contributed by atoms with Crippen LogP contribution in [0.4, 0.5) is 10.1 Å². The van der Waals surface area contributed by atoms with Crippen LogP contribution < -0.4 is 19.3 Å². The van der Waals surface area contributed by atoms with Gasteiger partial charge in [-0.1, -0.05) is 6.08 Å². The summed E-state index contributed by atoms with van der Waals surface area (Å²) in [5.74, 6) is 0.665. The molecule has 0 spiro atoms. The van der Waals surface area contributed by atoms with E-state index in [1.54, 1.807) is 50.6 Å². The number of ether oxygens (including phenoxy) is 2. The number of hydrogen-bond donors (Lipinski definition) is 1. The van der Waals surface area contributed by atoms with Gasteiger partial charge in [0.05, 0.1) is 52.6 Å². The number of allylic oxidation sites excluding steroid dienone is 1. The van der Waals surface area contributed by atoms with Gasteiger partial charge in [0.1, 0.15) is 17.3 Å². The first kappa shape index (κ1) is 20.9. The number of rotatable bonds is 7. The summed E-state index contributed by atoms with van der Waals surface area (Å²) in [6.07, 6.45) is 3.11. The third kappa shape index (κ3) is 5.15. The molecule has 0 saturated carbocycles. The minimum Gasteiger partial charge on any atom is -0.497 e. The van der Waals surface area contributed by atoms with Crippen LogP contribution in [0.25, 0.3) is 6.08 Å². The Morgan fingerprint density at radius 1 is 1.10 bits per heavy atom. The Hall–Kier alpha value is -2.86. The summed E-state index contributed by atoms with van der Waals surface area (Å²) < 4.78 is 25.1. The highest BCUT2D eigenvalue weighted by Crippen LogP contribution is 2.24. The van der Waals surface area contributed by atoms with Crippen molar-refractivity contribution in [2.24, 2.45) is 0 Å². The molecule has 5 nitrogen and oxygen atoms in total. The fourth-order valence-corrected chi connectivity index (χ4v) is 3.53. The van der Waals surface area contributed by atoms with E-state index >= 15 is 0 Å². The molecule has 1 heterocycles. The fraction of sp³-hybridized carbons (Fsp3) is 0.348. The average molecular weight is 399 g/mol. The molecule has 0 unspecified atom stereocenters. The van der Waals surface area contributed by atoms with Gasteiger partial charge in [-0.25, -0.2) is 4.39 Å².